The molecule has 0 fully saturated rings. The SMILES string of the molecule is O=[N+]([O-])c1ccc(SCc2nc(Cl)ccc2Cl)cc1. The summed E-state index contributed by atoms with van der Waals surface area (Å²) in [6, 6.07) is 9.65. The highest BCUT2D eigenvalue weighted by Gasteiger charge is 2.07. The van der Waals surface area contributed by atoms with E-state index in [4.69, 9.17) is 23.2 Å². The van der Waals surface area contributed by atoms with Crippen LogP contribution >= 0.6 is 35.0 Å². The van der Waals surface area contributed by atoms with Crippen LogP contribution in [0.5, 0.6) is 0 Å². The summed E-state index contributed by atoms with van der Waals surface area (Å²) >= 11 is 13.3. The molecule has 7 heteroatoms. The number of hydrogen-bond acceptors (Lipinski definition) is 4. The van der Waals surface area contributed by atoms with Crippen molar-refractivity contribution >= 4 is 40.7 Å². The van der Waals surface area contributed by atoms with Crippen LogP contribution in [-0.2, 0) is 5.75 Å². The lowest BCUT2D eigenvalue weighted by molar-refractivity contribution is -0.384. The van der Waals surface area contributed by atoms with Crippen LogP contribution in [0.3, 0.4) is 0 Å². The van der Waals surface area contributed by atoms with Crippen molar-refractivity contribution < 1.29 is 4.92 Å². The van der Waals surface area contributed by atoms with Crippen LogP contribution in [0.25, 0.3) is 0 Å². The van der Waals surface area contributed by atoms with Crippen LogP contribution in [-0.4, -0.2) is 9.91 Å². The van der Waals surface area contributed by atoms with Crippen LogP contribution in [0.1, 0.15) is 5.69 Å². The van der Waals surface area contributed by atoms with E-state index < -0.39 is 4.92 Å². The third-order valence-corrected chi connectivity index (χ3v) is 3.89. The van der Waals surface area contributed by atoms with Gasteiger partial charge < -0.3 is 0 Å². The molecule has 0 bridgehead atoms. The maximum atomic E-state index is 10.5. The first-order valence-corrected chi connectivity index (χ1v) is 6.98. The number of nitrogens with zero attached hydrogens (tertiary/aromatic N) is 2. The van der Waals surface area contributed by atoms with Crippen LogP contribution in [0.4, 0.5) is 5.69 Å². The van der Waals surface area contributed by atoms with Crippen molar-refractivity contribution in [2.24, 2.45) is 0 Å². The van der Waals surface area contributed by atoms with Crippen molar-refractivity contribution in [1.29, 1.82) is 0 Å². The largest absolute Gasteiger partial charge is 0.269 e. The zero-order valence-electron chi connectivity index (χ0n) is 9.55. The summed E-state index contributed by atoms with van der Waals surface area (Å²) in [6.45, 7) is 0. The van der Waals surface area contributed by atoms with E-state index in [1.54, 1.807) is 24.3 Å². The van der Waals surface area contributed by atoms with E-state index in [1.165, 1.54) is 23.9 Å². The summed E-state index contributed by atoms with van der Waals surface area (Å²) in [6.07, 6.45) is 0. The van der Waals surface area contributed by atoms with Gasteiger partial charge in [-0.2, -0.15) is 0 Å². The van der Waals surface area contributed by atoms with Gasteiger partial charge in [0, 0.05) is 22.8 Å². The first kappa shape index (κ1) is 14.1. The number of thioether (sulfide) groups is 1. The van der Waals surface area contributed by atoms with Gasteiger partial charge in [0.1, 0.15) is 5.15 Å². The molecule has 0 saturated carbocycles. The Hall–Kier alpha value is -1.30. The van der Waals surface area contributed by atoms with Gasteiger partial charge in [-0.1, -0.05) is 23.2 Å². The number of halogens is 2. The fraction of sp³-hybridized carbons (Fsp3) is 0.0833. The van der Waals surface area contributed by atoms with Crippen LogP contribution in [0.15, 0.2) is 41.3 Å². The number of benzene rings is 1. The van der Waals surface area contributed by atoms with Crippen molar-refractivity contribution in [3.05, 3.63) is 62.4 Å². The average Bonchev–Trinajstić information content (AvgIpc) is 2.40. The summed E-state index contributed by atoms with van der Waals surface area (Å²) in [7, 11) is 0. The fourth-order valence-corrected chi connectivity index (χ4v) is 2.64. The monoisotopic (exact) mass is 314 g/mol. The van der Waals surface area contributed by atoms with E-state index in [1.807, 2.05) is 0 Å². The van der Waals surface area contributed by atoms with E-state index in [0.29, 0.717) is 21.6 Å². The van der Waals surface area contributed by atoms with Gasteiger partial charge in [0.05, 0.1) is 15.6 Å². The second-order valence-electron chi connectivity index (χ2n) is 3.60. The van der Waals surface area contributed by atoms with Crippen LogP contribution in [0, 0.1) is 10.1 Å². The fourth-order valence-electron chi connectivity index (χ4n) is 1.37. The third-order valence-electron chi connectivity index (χ3n) is 2.31. The summed E-state index contributed by atoms with van der Waals surface area (Å²) < 4.78 is 0. The predicted molar refractivity (Wildman–Crippen MR) is 76.9 cm³/mol. The maximum absolute atomic E-state index is 10.5. The zero-order chi connectivity index (χ0) is 13.8. The third kappa shape index (κ3) is 3.83. The van der Waals surface area contributed by atoms with Gasteiger partial charge >= 0.3 is 0 Å². The number of aromatic nitrogens is 1. The molecule has 98 valence electrons. The second-order valence-corrected chi connectivity index (χ2v) is 5.45. The van der Waals surface area contributed by atoms with E-state index >= 15 is 0 Å². The lowest BCUT2D eigenvalue weighted by Gasteiger charge is -2.04. The van der Waals surface area contributed by atoms with Crippen molar-refractivity contribution in [3.8, 4) is 0 Å². The molecule has 0 unspecified atom stereocenters. The molecular formula is C12H8Cl2N2O2S. The van der Waals surface area contributed by atoms with Crippen molar-refractivity contribution in [3.63, 3.8) is 0 Å². The molecular weight excluding hydrogens is 307 g/mol. The minimum absolute atomic E-state index is 0.0725. The van der Waals surface area contributed by atoms with Gasteiger partial charge in [-0.05, 0) is 24.3 Å². The van der Waals surface area contributed by atoms with Gasteiger partial charge in [-0.15, -0.1) is 11.8 Å². The highest BCUT2D eigenvalue weighted by Crippen LogP contribution is 2.27. The number of non-ortho nitro benzene ring substituents is 1. The number of pyridine rings is 1. The maximum Gasteiger partial charge on any atom is 0.269 e. The Kier molecular flexibility index (Phi) is 4.63. The summed E-state index contributed by atoms with van der Waals surface area (Å²) in [5, 5.41) is 11.5. The van der Waals surface area contributed by atoms with Gasteiger partial charge in [-0.3, -0.25) is 10.1 Å². The number of nitro groups is 1. The Labute approximate surface area is 123 Å². The summed E-state index contributed by atoms with van der Waals surface area (Å²) in [5.74, 6) is 0.553. The molecule has 4 nitrogen and oxygen atoms in total. The molecule has 2 aromatic rings. The quantitative estimate of drug-likeness (QED) is 0.358. The first-order valence-electron chi connectivity index (χ1n) is 5.24. The Morgan fingerprint density at radius 3 is 2.47 bits per heavy atom. The lowest BCUT2D eigenvalue weighted by atomic mass is 10.3. The summed E-state index contributed by atoms with van der Waals surface area (Å²) in [4.78, 5) is 15.1. The molecule has 0 aliphatic heterocycles. The number of nitro benzene ring substituents is 1. The highest BCUT2D eigenvalue weighted by molar-refractivity contribution is 7.98. The minimum Gasteiger partial charge on any atom is -0.258 e. The molecule has 0 aliphatic carbocycles. The Bertz CT molecular complexity index is 605. The molecule has 0 amide bonds. The van der Waals surface area contributed by atoms with Crippen molar-refractivity contribution in [2.45, 2.75) is 10.6 Å². The Morgan fingerprint density at radius 2 is 1.84 bits per heavy atom. The van der Waals surface area contributed by atoms with Crippen LogP contribution < -0.4 is 0 Å². The molecule has 2 rings (SSSR count). The minimum atomic E-state index is -0.427. The molecule has 0 saturated heterocycles. The molecule has 0 spiro atoms. The first-order chi connectivity index (χ1) is 9.06. The van der Waals surface area contributed by atoms with E-state index in [-0.39, 0.29) is 5.69 Å². The second kappa shape index (κ2) is 6.23. The molecule has 19 heavy (non-hydrogen) atoms. The smallest absolute Gasteiger partial charge is 0.258 e. The normalized spacial score (nSPS) is 10.4. The van der Waals surface area contributed by atoms with E-state index in [9.17, 15) is 10.1 Å². The lowest BCUT2D eigenvalue weighted by Crippen LogP contribution is -1.89. The highest BCUT2D eigenvalue weighted by atomic mass is 35.5. The molecule has 0 atom stereocenters. The predicted octanol–water partition coefficient (Wildman–Crippen LogP) is 4.59. The molecule has 0 radical (unpaired) electrons. The summed E-state index contributed by atoms with van der Waals surface area (Å²) in [5.41, 5.74) is 0.765. The molecule has 0 aliphatic rings. The van der Waals surface area contributed by atoms with Crippen molar-refractivity contribution in [1.82, 2.24) is 4.98 Å². The van der Waals surface area contributed by atoms with Gasteiger partial charge in [0.15, 0.2) is 0 Å². The average molecular weight is 315 g/mol. The van der Waals surface area contributed by atoms with Gasteiger partial charge in [0.25, 0.3) is 5.69 Å². The Balaban J connectivity index is 2.06. The van der Waals surface area contributed by atoms with Gasteiger partial charge in [-0.25, -0.2) is 4.98 Å². The molecule has 1 aromatic heterocycles. The van der Waals surface area contributed by atoms with Crippen molar-refractivity contribution in [2.75, 3.05) is 0 Å². The topological polar surface area (TPSA) is 56.0 Å². The number of rotatable bonds is 4. The standard InChI is InChI=1S/C12H8Cl2N2O2S/c13-10-5-6-12(14)15-11(10)7-19-9-3-1-8(2-4-9)16(17)18/h1-6H,7H2. The Morgan fingerprint density at radius 1 is 1.16 bits per heavy atom. The zero-order valence-corrected chi connectivity index (χ0v) is 11.9. The number of hydrogen-bond donors (Lipinski definition) is 0. The molecule has 0 N–H and O–H groups in total. The molecule has 1 aromatic carbocycles. The van der Waals surface area contributed by atoms with Gasteiger partial charge in [0.2, 0.25) is 0 Å². The van der Waals surface area contributed by atoms with E-state index in [0.717, 1.165) is 4.90 Å². The molecule has 1 heterocycles. The van der Waals surface area contributed by atoms with E-state index in [2.05, 4.69) is 4.98 Å². The van der Waals surface area contributed by atoms with Crippen LogP contribution in [0.2, 0.25) is 10.2 Å².